The molecule has 1 aliphatic rings. The molecule has 1 heterocycles. The normalized spacial score (nSPS) is 21.7. The van der Waals surface area contributed by atoms with Crippen molar-refractivity contribution in [3.63, 3.8) is 0 Å². The molecule has 0 spiro atoms. The van der Waals surface area contributed by atoms with Gasteiger partial charge in [-0.2, -0.15) is 0 Å². The molecule has 0 aromatic heterocycles. The van der Waals surface area contributed by atoms with Crippen LogP contribution in [0.4, 0.5) is 5.69 Å². The molecule has 0 amide bonds. The lowest BCUT2D eigenvalue weighted by molar-refractivity contribution is 0.259. The largest absolute Gasteiger partial charge is 0.492 e. The summed E-state index contributed by atoms with van der Waals surface area (Å²) in [5, 5.41) is 9.15. The standard InChI is InChI=1S/C16H25NO2/c1-4-19-15-8-6-5-7-14(15)17-12-13(9-10-18)11-16(17,2)3/h5-8,13,18H,4,9-12H2,1-3H3. The lowest BCUT2D eigenvalue weighted by atomic mass is 9.94. The van der Waals surface area contributed by atoms with Crippen molar-refractivity contribution >= 4 is 5.69 Å². The van der Waals surface area contributed by atoms with Crippen LogP contribution in [0.25, 0.3) is 0 Å². The van der Waals surface area contributed by atoms with Gasteiger partial charge >= 0.3 is 0 Å². The molecule has 1 saturated heterocycles. The van der Waals surface area contributed by atoms with Crippen LogP contribution >= 0.6 is 0 Å². The number of hydrogen-bond acceptors (Lipinski definition) is 3. The van der Waals surface area contributed by atoms with Crippen molar-refractivity contribution in [2.45, 2.75) is 39.2 Å². The Labute approximate surface area is 116 Å². The number of benzene rings is 1. The summed E-state index contributed by atoms with van der Waals surface area (Å²) in [6, 6.07) is 8.25. The van der Waals surface area contributed by atoms with Crippen LogP contribution in [0, 0.1) is 5.92 Å². The van der Waals surface area contributed by atoms with Crippen LogP contribution < -0.4 is 9.64 Å². The van der Waals surface area contributed by atoms with Gasteiger partial charge in [0.25, 0.3) is 0 Å². The molecule has 1 N–H and O–H groups in total. The van der Waals surface area contributed by atoms with Crippen molar-refractivity contribution in [2.24, 2.45) is 5.92 Å². The highest BCUT2D eigenvalue weighted by molar-refractivity contribution is 5.60. The first-order valence-corrected chi connectivity index (χ1v) is 7.19. The molecule has 0 bridgehead atoms. The SMILES string of the molecule is CCOc1ccccc1N1CC(CCO)CC1(C)C. The lowest BCUT2D eigenvalue weighted by Crippen LogP contribution is -2.38. The fourth-order valence-corrected chi connectivity index (χ4v) is 3.14. The molecule has 19 heavy (non-hydrogen) atoms. The average molecular weight is 263 g/mol. The number of hydrogen-bond donors (Lipinski definition) is 1. The molecule has 1 aliphatic heterocycles. The van der Waals surface area contributed by atoms with Crippen LogP contribution in [0.2, 0.25) is 0 Å². The van der Waals surface area contributed by atoms with E-state index in [2.05, 4.69) is 30.9 Å². The number of ether oxygens (including phenoxy) is 1. The fourth-order valence-electron chi connectivity index (χ4n) is 3.14. The zero-order chi connectivity index (χ0) is 13.9. The first-order valence-electron chi connectivity index (χ1n) is 7.19. The molecular weight excluding hydrogens is 238 g/mol. The van der Waals surface area contributed by atoms with E-state index in [9.17, 15) is 0 Å². The molecule has 0 aliphatic carbocycles. The summed E-state index contributed by atoms with van der Waals surface area (Å²) in [7, 11) is 0. The smallest absolute Gasteiger partial charge is 0.142 e. The van der Waals surface area contributed by atoms with Gasteiger partial charge in [-0.05, 0) is 51.7 Å². The Morgan fingerprint density at radius 2 is 2.11 bits per heavy atom. The van der Waals surface area contributed by atoms with Crippen molar-refractivity contribution in [1.29, 1.82) is 0 Å². The fraction of sp³-hybridized carbons (Fsp3) is 0.625. The first kappa shape index (κ1) is 14.2. The Morgan fingerprint density at radius 1 is 1.37 bits per heavy atom. The van der Waals surface area contributed by atoms with Crippen LogP contribution in [0.1, 0.15) is 33.6 Å². The maximum atomic E-state index is 9.15. The quantitative estimate of drug-likeness (QED) is 0.886. The van der Waals surface area contributed by atoms with E-state index >= 15 is 0 Å². The minimum absolute atomic E-state index is 0.118. The van der Waals surface area contributed by atoms with Gasteiger partial charge in [0.1, 0.15) is 5.75 Å². The second-order valence-corrected chi connectivity index (χ2v) is 5.91. The highest BCUT2D eigenvalue weighted by Gasteiger charge is 2.38. The molecule has 1 atom stereocenters. The Bertz CT molecular complexity index is 417. The van der Waals surface area contributed by atoms with Crippen molar-refractivity contribution in [3.8, 4) is 5.75 Å². The van der Waals surface area contributed by atoms with Crippen LogP contribution in [0.5, 0.6) is 5.75 Å². The number of aliphatic hydroxyl groups is 1. The van der Waals surface area contributed by atoms with Gasteiger partial charge in [0.15, 0.2) is 0 Å². The summed E-state index contributed by atoms with van der Waals surface area (Å²) in [4.78, 5) is 2.43. The number of para-hydroxylation sites is 2. The highest BCUT2D eigenvalue weighted by atomic mass is 16.5. The topological polar surface area (TPSA) is 32.7 Å². The molecule has 0 radical (unpaired) electrons. The van der Waals surface area contributed by atoms with Gasteiger partial charge in [-0.15, -0.1) is 0 Å². The van der Waals surface area contributed by atoms with Crippen molar-refractivity contribution in [3.05, 3.63) is 24.3 Å². The van der Waals surface area contributed by atoms with Crippen molar-refractivity contribution < 1.29 is 9.84 Å². The summed E-state index contributed by atoms with van der Waals surface area (Å²) >= 11 is 0. The predicted molar refractivity (Wildman–Crippen MR) is 78.8 cm³/mol. The second kappa shape index (κ2) is 5.83. The maximum Gasteiger partial charge on any atom is 0.142 e. The molecule has 2 rings (SSSR count). The van der Waals surface area contributed by atoms with Gasteiger partial charge in [0.05, 0.1) is 12.3 Å². The summed E-state index contributed by atoms with van der Waals surface area (Å²) in [5.74, 6) is 1.53. The zero-order valence-corrected chi connectivity index (χ0v) is 12.2. The molecule has 106 valence electrons. The Kier molecular flexibility index (Phi) is 4.35. The maximum absolute atomic E-state index is 9.15. The first-order chi connectivity index (χ1) is 9.08. The van der Waals surface area contributed by atoms with E-state index in [0.717, 1.165) is 25.1 Å². The number of rotatable bonds is 5. The second-order valence-electron chi connectivity index (χ2n) is 5.91. The van der Waals surface area contributed by atoms with Crippen LogP contribution in [-0.2, 0) is 0 Å². The number of nitrogens with zero attached hydrogens (tertiary/aromatic N) is 1. The van der Waals surface area contributed by atoms with Crippen molar-refractivity contribution in [2.75, 3.05) is 24.7 Å². The number of aliphatic hydroxyl groups excluding tert-OH is 1. The third kappa shape index (κ3) is 3.03. The van der Waals surface area contributed by atoms with Crippen LogP contribution in [0.3, 0.4) is 0 Å². The van der Waals surface area contributed by atoms with Crippen LogP contribution in [-0.4, -0.2) is 30.4 Å². The Balaban J connectivity index is 2.25. The average Bonchev–Trinajstić information content (AvgIpc) is 2.66. The molecule has 3 nitrogen and oxygen atoms in total. The molecule has 1 unspecified atom stereocenters. The van der Waals surface area contributed by atoms with E-state index in [1.165, 1.54) is 5.69 Å². The molecule has 1 fully saturated rings. The zero-order valence-electron chi connectivity index (χ0n) is 12.2. The Morgan fingerprint density at radius 3 is 2.79 bits per heavy atom. The van der Waals surface area contributed by atoms with E-state index in [1.807, 2.05) is 19.1 Å². The van der Waals surface area contributed by atoms with Gasteiger partial charge in [0.2, 0.25) is 0 Å². The third-order valence-corrected chi connectivity index (χ3v) is 3.95. The molecule has 1 aromatic rings. The van der Waals surface area contributed by atoms with Gasteiger partial charge < -0.3 is 14.7 Å². The van der Waals surface area contributed by atoms with Gasteiger partial charge in [-0.1, -0.05) is 12.1 Å². The monoisotopic (exact) mass is 263 g/mol. The third-order valence-electron chi connectivity index (χ3n) is 3.95. The minimum atomic E-state index is 0.118. The van der Waals surface area contributed by atoms with E-state index < -0.39 is 0 Å². The summed E-state index contributed by atoms with van der Waals surface area (Å²) < 4.78 is 5.75. The van der Waals surface area contributed by atoms with E-state index in [1.54, 1.807) is 0 Å². The highest BCUT2D eigenvalue weighted by Crippen LogP contribution is 2.41. The minimum Gasteiger partial charge on any atom is -0.492 e. The van der Waals surface area contributed by atoms with Gasteiger partial charge in [0, 0.05) is 18.7 Å². The van der Waals surface area contributed by atoms with Crippen LogP contribution in [0.15, 0.2) is 24.3 Å². The molecule has 0 saturated carbocycles. The van der Waals surface area contributed by atoms with Gasteiger partial charge in [-0.25, -0.2) is 0 Å². The number of anilines is 1. The lowest BCUT2D eigenvalue weighted by Gasteiger charge is -2.34. The Hall–Kier alpha value is -1.22. The summed E-state index contributed by atoms with van der Waals surface area (Å²) in [5.41, 5.74) is 1.29. The molecule has 1 aromatic carbocycles. The van der Waals surface area contributed by atoms with Gasteiger partial charge in [-0.3, -0.25) is 0 Å². The summed E-state index contributed by atoms with van der Waals surface area (Å²) in [6.45, 7) is 8.52. The molecule has 3 heteroatoms. The van der Waals surface area contributed by atoms with Crippen molar-refractivity contribution in [1.82, 2.24) is 0 Å². The van der Waals surface area contributed by atoms with E-state index in [4.69, 9.17) is 9.84 Å². The van der Waals surface area contributed by atoms with E-state index in [-0.39, 0.29) is 12.1 Å². The summed E-state index contributed by atoms with van der Waals surface area (Å²) in [6.07, 6.45) is 2.00. The molecular formula is C16H25NO2. The predicted octanol–water partition coefficient (Wildman–Crippen LogP) is 3.07. The van der Waals surface area contributed by atoms with E-state index in [0.29, 0.717) is 12.5 Å².